The number of carbonyl (C=O) groups is 1. The molecular weight excluding hydrogens is 186 g/mol. The molecule has 1 saturated carbocycles. The maximum Gasteiger partial charge on any atom is 0.243 e. The van der Waals surface area contributed by atoms with Crippen LogP contribution in [0.25, 0.3) is 0 Å². The lowest BCUT2D eigenvalue weighted by atomic mass is 9.76. The van der Waals surface area contributed by atoms with E-state index in [-0.39, 0.29) is 16.9 Å². The van der Waals surface area contributed by atoms with Crippen molar-refractivity contribution in [2.75, 3.05) is 0 Å². The van der Waals surface area contributed by atoms with Crippen molar-refractivity contribution in [3.8, 4) is 0 Å². The van der Waals surface area contributed by atoms with Gasteiger partial charge < -0.3 is 0 Å². The van der Waals surface area contributed by atoms with E-state index >= 15 is 0 Å². The second kappa shape index (κ2) is 2.41. The minimum Gasteiger partial charge on any atom is -0.273 e. The van der Waals surface area contributed by atoms with Crippen LogP contribution in [0.5, 0.6) is 0 Å². The normalized spacial score (nSPS) is 42.6. The van der Waals surface area contributed by atoms with E-state index in [4.69, 9.17) is 11.8 Å². The van der Waals surface area contributed by atoms with Gasteiger partial charge in [0.15, 0.2) is 0 Å². The molecule has 0 unspecified atom stereocenters. The number of fused-ring (bicyclic) bond motifs is 2. The summed E-state index contributed by atoms with van der Waals surface area (Å²) in [5.74, 6) is 0.695. The number of hydrogen-bond donors (Lipinski definition) is 0. The zero-order valence-electron chi connectivity index (χ0n) is 8.43. The molecule has 0 N–H and O–H groups in total. The monoisotopic (exact) mass is 201 g/mol. The fraction of sp³-hybridized carbons (Fsp3) is 0.900. The van der Waals surface area contributed by atoms with Gasteiger partial charge in [0.05, 0.1) is 5.54 Å². The molecule has 2 aliphatic rings. The zero-order valence-corrected chi connectivity index (χ0v) is 9.19. The second-order valence-corrected chi connectivity index (χ2v) is 5.58. The first-order valence-corrected chi connectivity index (χ1v) is 5.22. The molecule has 0 aromatic rings. The van der Waals surface area contributed by atoms with E-state index in [1.54, 1.807) is 0 Å². The molecule has 0 aromatic heterocycles. The molecule has 1 aliphatic carbocycles. The van der Waals surface area contributed by atoms with Gasteiger partial charge in [0.1, 0.15) is 0 Å². The Kier molecular flexibility index (Phi) is 1.73. The molecule has 2 bridgehead atoms. The highest BCUT2D eigenvalue weighted by atomic mass is 35.5. The van der Waals surface area contributed by atoms with Gasteiger partial charge in [0.25, 0.3) is 0 Å². The third-order valence-electron chi connectivity index (χ3n) is 3.94. The van der Waals surface area contributed by atoms with Crippen LogP contribution in [0.15, 0.2) is 0 Å². The molecule has 0 radical (unpaired) electrons. The predicted molar refractivity (Wildman–Crippen MR) is 52.2 cm³/mol. The number of piperidine rings is 1. The lowest BCUT2D eigenvalue weighted by Crippen LogP contribution is -2.54. The number of rotatable bonds is 0. The largest absolute Gasteiger partial charge is 0.273 e. The average molecular weight is 202 g/mol. The van der Waals surface area contributed by atoms with Crippen LogP contribution in [0, 0.1) is 11.3 Å². The Labute approximate surface area is 84.3 Å². The van der Waals surface area contributed by atoms with Crippen LogP contribution < -0.4 is 0 Å². The summed E-state index contributed by atoms with van der Waals surface area (Å²) >= 11 is 6.06. The molecule has 1 heterocycles. The minimum atomic E-state index is -0.165. The van der Waals surface area contributed by atoms with Crippen molar-refractivity contribution in [1.82, 2.24) is 4.42 Å². The van der Waals surface area contributed by atoms with Crippen molar-refractivity contribution in [3.05, 3.63) is 0 Å². The SMILES string of the molecule is CC1(C)[C@H]2CC[C@](C)(C2)C(=O)N1Cl. The number of carbonyl (C=O) groups excluding carboxylic acids is 1. The Morgan fingerprint density at radius 1 is 1.46 bits per heavy atom. The van der Waals surface area contributed by atoms with Crippen LogP contribution in [0.3, 0.4) is 0 Å². The summed E-state index contributed by atoms with van der Waals surface area (Å²) in [4.78, 5) is 11.9. The first kappa shape index (κ1) is 9.32. The Balaban J connectivity index is 2.39. The molecule has 3 heteroatoms. The van der Waals surface area contributed by atoms with Gasteiger partial charge in [-0.1, -0.05) is 6.92 Å². The summed E-state index contributed by atoms with van der Waals surface area (Å²) in [5.41, 5.74) is -0.323. The molecule has 2 rings (SSSR count). The Morgan fingerprint density at radius 3 is 2.69 bits per heavy atom. The lowest BCUT2D eigenvalue weighted by molar-refractivity contribution is -0.144. The van der Waals surface area contributed by atoms with Crippen molar-refractivity contribution < 1.29 is 4.79 Å². The number of halogens is 1. The molecule has 1 saturated heterocycles. The maximum absolute atomic E-state index is 11.9. The third-order valence-corrected chi connectivity index (χ3v) is 4.53. The summed E-state index contributed by atoms with van der Waals surface area (Å²) in [6.07, 6.45) is 3.16. The van der Waals surface area contributed by atoms with Crippen LogP contribution in [-0.2, 0) is 4.79 Å². The van der Waals surface area contributed by atoms with E-state index in [1.165, 1.54) is 4.42 Å². The fourth-order valence-electron chi connectivity index (χ4n) is 2.70. The summed E-state index contributed by atoms with van der Waals surface area (Å²) < 4.78 is 1.44. The molecular formula is C10H16ClNO. The second-order valence-electron chi connectivity index (χ2n) is 5.24. The zero-order chi connectivity index (χ0) is 9.85. The molecule has 13 heavy (non-hydrogen) atoms. The average Bonchev–Trinajstić information content (AvgIpc) is 2.43. The van der Waals surface area contributed by atoms with E-state index < -0.39 is 0 Å². The van der Waals surface area contributed by atoms with Gasteiger partial charge in [-0.15, -0.1) is 0 Å². The Bertz CT molecular complexity index is 264. The Morgan fingerprint density at radius 2 is 2.08 bits per heavy atom. The maximum atomic E-state index is 11.9. The minimum absolute atomic E-state index is 0.118. The van der Waals surface area contributed by atoms with Crippen LogP contribution in [0.1, 0.15) is 40.0 Å². The molecule has 0 aromatic carbocycles. The molecule has 1 aliphatic heterocycles. The highest BCUT2D eigenvalue weighted by molar-refractivity contribution is 6.22. The predicted octanol–water partition coefficient (Wildman–Crippen LogP) is 2.57. The van der Waals surface area contributed by atoms with Gasteiger partial charge >= 0.3 is 0 Å². The van der Waals surface area contributed by atoms with Crippen molar-refractivity contribution in [2.24, 2.45) is 11.3 Å². The van der Waals surface area contributed by atoms with Crippen molar-refractivity contribution in [2.45, 2.75) is 45.6 Å². The van der Waals surface area contributed by atoms with E-state index in [9.17, 15) is 4.79 Å². The van der Waals surface area contributed by atoms with Gasteiger partial charge in [-0.05, 0) is 39.0 Å². The van der Waals surface area contributed by atoms with Crippen molar-refractivity contribution in [1.29, 1.82) is 0 Å². The van der Waals surface area contributed by atoms with Crippen LogP contribution in [0.4, 0.5) is 0 Å². The highest BCUT2D eigenvalue weighted by Gasteiger charge is 2.56. The van der Waals surface area contributed by atoms with E-state index in [0.29, 0.717) is 5.92 Å². The fourth-order valence-corrected chi connectivity index (χ4v) is 3.04. The first-order valence-electron chi connectivity index (χ1n) is 4.88. The van der Waals surface area contributed by atoms with E-state index in [0.717, 1.165) is 19.3 Å². The molecule has 2 atom stereocenters. The Hall–Kier alpha value is -0.240. The van der Waals surface area contributed by atoms with Gasteiger partial charge in [-0.2, -0.15) is 0 Å². The molecule has 1 amide bonds. The molecule has 74 valence electrons. The molecule has 2 nitrogen and oxygen atoms in total. The number of nitrogens with zero attached hydrogens (tertiary/aromatic N) is 1. The highest BCUT2D eigenvalue weighted by Crippen LogP contribution is 2.54. The van der Waals surface area contributed by atoms with Crippen LogP contribution >= 0.6 is 11.8 Å². The summed E-state index contributed by atoms with van der Waals surface area (Å²) in [5, 5.41) is 0. The molecule has 0 spiro atoms. The number of amides is 1. The quantitative estimate of drug-likeness (QED) is 0.552. The third kappa shape index (κ3) is 1.04. The van der Waals surface area contributed by atoms with E-state index in [2.05, 4.69) is 13.8 Å². The first-order chi connectivity index (χ1) is 5.88. The van der Waals surface area contributed by atoms with Gasteiger partial charge in [-0.25, -0.2) is 4.42 Å². The smallest absolute Gasteiger partial charge is 0.243 e. The van der Waals surface area contributed by atoms with Gasteiger partial charge in [0, 0.05) is 17.2 Å². The van der Waals surface area contributed by atoms with Crippen LogP contribution in [0.2, 0.25) is 0 Å². The van der Waals surface area contributed by atoms with Gasteiger partial charge in [0.2, 0.25) is 5.91 Å². The topological polar surface area (TPSA) is 20.3 Å². The van der Waals surface area contributed by atoms with Crippen molar-refractivity contribution >= 4 is 17.7 Å². The van der Waals surface area contributed by atoms with E-state index in [1.807, 2.05) is 6.92 Å². The van der Waals surface area contributed by atoms with Gasteiger partial charge in [-0.3, -0.25) is 4.79 Å². The standard InChI is InChI=1S/C10H16ClNO/c1-9(2)7-4-5-10(3,6-7)8(13)12(9)11/h7H,4-6H2,1-3H3/t7-,10+/m0/s1. The van der Waals surface area contributed by atoms with Crippen LogP contribution in [-0.4, -0.2) is 15.9 Å². The summed E-state index contributed by atoms with van der Waals surface area (Å²) in [6, 6.07) is 0. The van der Waals surface area contributed by atoms with Crippen molar-refractivity contribution in [3.63, 3.8) is 0 Å². The summed E-state index contributed by atoms with van der Waals surface area (Å²) in [7, 11) is 0. The molecule has 2 fully saturated rings. The lowest BCUT2D eigenvalue weighted by Gasteiger charge is -2.45. The number of hydrogen-bond acceptors (Lipinski definition) is 1. The summed E-state index contributed by atoms with van der Waals surface area (Å²) in [6.45, 7) is 6.17.